The Morgan fingerprint density at radius 2 is 1.76 bits per heavy atom. The van der Waals surface area contributed by atoms with Crippen molar-refractivity contribution in [1.82, 2.24) is 5.43 Å². The van der Waals surface area contributed by atoms with Crippen LogP contribution in [0.2, 0.25) is 5.02 Å². The number of hydrazine groups is 1. The number of ether oxygens (including phenoxy) is 1. The highest BCUT2D eigenvalue weighted by molar-refractivity contribution is 6.31. The first-order valence-corrected chi connectivity index (χ1v) is 7.38. The van der Waals surface area contributed by atoms with E-state index in [2.05, 4.69) is 5.43 Å². The zero-order chi connectivity index (χ0) is 15.4. The third kappa shape index (κ3) is 3.76. The van der Waals surface area contributed by atoms with Gasteiger partial charge < -0.3 is 4.74 Å². The minimum atomic E-state index is -0.100. The molecule has 2 rings (SSSR count). The molecule has 0 amide bonds. The molecule has 0 radical (unpaired) electrons. The zero-order valence-electron chi connectivity index (χ0n) is 12.6. The van der Waals surface area contributed by atoms with Crippen LogP contribution in [0.25, 0.3) is 0 Å². The number of nitrogens with two attached hydrogens (primary N) is 1. The summed E-state index contributed by atoms with van der Waals surface area (Å²) in [4.78, 5) is 0. The van der Waals surface area contributed by atoms with Crippen LogP contribution in [0.3, 0.4) is 0 Å². The van der Waals surface area contributed by atoms with Crippen LogP contribution in [0.4, 0.5) is 0 Å². The summed E-state index contributed by atoms with van der Waals surface area (Å²) in [6.07, 6.45) is 0.162. The van der Waals surface area contributed by atoms with Gasteiger partial charge in [0.25, 0.3) is 0 Å². The summed E-state index contributed by atoms with van der Waals surface area (Å²) in [6, 6.07) is 13.7. The first-order valence-electron chi connectivity index (χ1n) is 7.00. The lowest BCUT2D eigenvalue weighted by atomic mass is 9.95. The maximum absolute atomic E-state index is 6.20. The third-order valence-electron chi connectivity index (χ3n) is 3.37. The van der Waals surface area contributed by atoms with Crippen molar-refractivity contribution in [1.29, 1.82) is 0 Å². The van der Waals surface area contributed by atoms with Gasteiger partial charge in [-0.15, -0.1) is 0 Å². The zero-order valence-corrected chi connectivity index (χ0v) is 13.3. The summed E-state index contributed by atoms with van der Waals surface area (Å²) in [7, 11) is 0. The predicted octanol–water partition coefficient (Wildman–Crippen LogP) is 3.99. The molecule has 1 atom stereocenters. The first kappa shape index (κ1) is 15.8. The van der Waals surface area contributed by atoms with Gasteiger partial charge in [0.2, 0.25) is 0 Å². The van der Waals surface area contributed by atoms with E-state index < -0.39 is 0 Å². The number of halogens is 1. The van der Waals surface area contributed by atoms with Crippen LogP contribution in [0.1, 0.15) is 36.6 Å². The van der Waals surface area contributed by atoms with Gasteiger partial charge in [0.1, 0.15) is 5.75 Å². The largest absolute Gasteiger partial charge is 0.491 e. The van der Waals surface area contributed by atoms with Crippen LogP contribution in [-0.4, -0.2) is 6.10 Å². The Morgan fingerprint density at radius 1 is 1.10 bits per heavy atom. The Labute approximate surface area is 131 Å². The van der Waals surface area contributed by atoms with Crippen molar-refractivity contribution in [2.75, 3.05) is 0 Å². The highest BCUT2D eigenvalue weighted by Crippen LogP contribution is 2.29. The highest BCUT2D eigenvalue weighted by atomic mass is 35.5. The smallest absolute Gasteiger partial charge is 0.119 e. The molecule has 0 aliphatic carbocycles. The summed E-state index contributed by atoms with van der Waals surface area (Å²) < 4.78 is 5.66. The van der Waals surface area contributed by atoms with E-state index >= 15 is 0 Å². The molecule has 1 unspecified atom stereocenters. The molecule has 0 aliphatic heterocycles. The summed E-state index contributed by atoms with van der Waals surface area (Å²) in [5.41, 5.74) is 6.04. The van der Waals surface area contributed by atoms with E-state index in [0.29, 0.717) is 0 Å². The Hall–Kier alpha value is -1.55. The van der Waals surface area contributed by atoms with E-state index in [1.165, 1.54) is 0 Å². The van der Waals surface area contributed by atoms with Crippen LogP contribution in [-0.2, 0) is 0 Å². The average Bonchev–Trinajstić information content (AvgIpc) is 2.45. The van der Waals surface area contributed by atoms with Gasteiger partial charge in [-0.05, 0) is 55.7 Å². The van der Waals surface area contributed by atoms with Gasteiger partial charge in [0, 0.05) is 5.02 Å². The Balaban J connectivity index is 2.31. The molecule has 3 N–H and O–H groups in total. The maximum Gasteiger partial charge on any atom is 0.119 e. The van der Waals surface area contributed by atoms with Crippen molar-refractivity contribution in [2.45, 2.75) is 32.9 Å². The molecule has 0 saturated heterocycles. The fourth-order valence-corrected chi connectivity index (χ4v) is 2.50. The quantitative estimate of drug-likeness (QED) is 0.648. The monoisotopic (exact) mass is 304 g/mol. The van der Waals surface area contributed by atoms with E-state index in [1.54, 1.807) is 0 Å². The molecule has 0 saturated carbocycles. The maximum atomic E-state index is 6.20. The van der Waals surface area contributed by atoms with Crippen molar-refractivity contribution < 1.29 is 4.74 Å². The second kappa shape index (κ2) is 6.94. The summed E-state index contributed by atoms with van der Waals surface area (Å²) in [5.74, 6) is 6.60. The van der Waals surface area contributed by atoms with Crippen molar-refractivity contribution in [2.24, 2.45) is 5.84 Å². The van der Waals surface area contributed by atoms with E-state index in [1.807, 2.05) is 63.2 Å². The molecule has 3 nitrogen and oxygen atoms in total. The van der Waals surface area contributed by atoms with Crippen LogP contribution in [0, 0.1) is 6.92 Å². The molecule has 0 heterocycles. The van der Waals surface area contributed by atoms with Gasteiger partial charge >= 0.3 is 0 Å². The minimum absolute atomic E-state index is 0.100. The fraction of sp³-hybridized carbons (Fsp3) is 0.294. The van der Waals surface area contributed by atoms with Gasteiger partial charge in [-0.2, -0.15) is 0 Å². The lowest BCUT2D eigenvalue weighted by Crippen LogP contribution is -2.29. The second-order valence-electron chi connectivity index (χ2n) is 5.29. The molecule has 2 aromatic carbocycles. The summed E-state index contributed by atoms with van der Waals surface area (Å²) in [6.45, 7) is 6.01. The van der Waals surface area contributed by atoms with Gasteiger partial charge in [-0.1, -0.05) is 35.9 Å². The molecule has 0 fully saturated rings. The molecule has 21 heavy (non-hydrogen) atoms. The van der Waals surface area contributed by atoms with Crippen LogP contribution >= 0.6 is 11.6 Å². The lowest BCUT2D eigenvalue weighted by Gasteiger charge is -2.20. The molecule has 0 aliphatic rings. The number of hydrogen-bond donors (Lipinski definition) is 2. The number of nitrogens with one attached hydrogen (secondary N) is 1. The normalized spacial score (nSPS) is 12.5. The predicted molar refractivity (Wildman–Crippen MR) is 87.6 cm³/mol. The summed E-state index contributed by atoms with van der Waals surface area (Å²) in [5, 5.41) is 0.743. The summed E-state index contributed by atoms with van der Waals surface area (Å²) >= 11 is 6.20. The van der Waals surface area contributed by atoms with Crippen LogP contribution < -0.4 is 16.0 Å². The molecule has 0 bridgehead atoms. The van der Waals surface area contributed by atoms with E-state index in [-0.39, 0.29) is 12.1 Å². The second-order valence-corrected chi connectivity index (χ2v) is 5.70. The van der Waals surface area contributed by atoms with Gasteiger partial charge in [-0.3, -0.25) is 5.84 Å². The standard InChI is InChI=1S/C17H21ClN2O/c1-11(2)21-14-9-7-13(8-10-14)17(20-19)15-5-4-6-16(18)12(15)3/h4-11,17,20H,19H2,1-3H3. The SMILES string of the molecule is Cc1c(Cl)cccc1C(NN)c1ccc(OC(C)C)cc1. The minimum Gasteiger partial charge on any atom is -0.491 e. The Bertz CT molecular complexity index is 596. The average molecular weight is 305 g/mol. The molecule has 0 spiro atoms. The molecule has 4 heteroatoms. The van der Waals surface area contributed by atoms with Gasteiger partial charge in [0.15, 0.2) is 0 Å². The molecular formula is C17H21ClN2O. The number of benzene rings is 2. The van der Waals surface area contributed by atoms with Gasteiger partial charge in [-0.25, -0.2) is 5.43 Å². The topological polar surface area (TPSA) is 47.3 Å². The lowest BCUT2D eigenvalue weighted by molar-refractivity contribution is 0.242. The Morgan fingerprint density at radius 3 is 2.33 bits per heavy atom. The number of hydrogen-bond acceptors (Lipinski definition) is 3. The van der Waals surface area contributed by atoms with E-state index in [4.69, 9.17) is 22.2 Å². The number of rotatable bonds is 5. The highest BCUT2D eigenvalue weighted by Gasteiger charge is 2.16. The van der Waals surface area contributed by atoms with Crippen LogP contribution in [0.15, 0.2) is 42.5 Å². The molecular weight excluding hydrogens is 284 g/mol. The first-order chi connectivity index (χ1) is 10.0. The molecule has 0 aromatic heterocycles. The van der Waals surface area contributed by atoms with E-state index in [0.717, 1.165) is 27.5 Å². The van der Waals surface area contributed by atoms with Crippen molar-refractivity contribution in [3.05, 3.63) is 64.2 Å². The third-order valence-corrected chi connectivity index (χ3v) is 3.78. The fourth-order valence-electron chi connectivity index (χ4n) is 2.31. The van der Waals surface area contributed by atoms with Crippen molar-refractivity contribution >= 4 is 11.6 Å². The van der Waals surface area contributed by atoms with Crippen molar-refractivity contribution in [3.63, 3.8) is 0 Å². The van der Waals surface area contributed by atoms with Crippen LogP contribution in [0.5, 0.6) is 5.75 Å². The van der Waals surface area contributed by atoms with E-state index in [9.17, 15) is 0 Å². The molecule has 2 aromatic rings. The van der Waals surface area contributed by atoms with Gasteiger partial charge in [0.05, 0.1) is 12.1 Å². The Kier molecular flexibility index (Phi) is 5.23. The molecule has 112 valence electrons. The van der Waals surface area contributed by atoms with Crippen molar-refractivity contribution in [3.8, 4) is 5.75 Å².